The highest BCUT2D eigenvalue weighted by Gasteiger charge is 2.46. The van der Waals surface area contributed by atoms with Gasteiger partial charge in [0.15, 0.2) is 0 Å². The van der Waals surface area contributed by atoms with Crippen LogP contribution in [-0.4, -0.2) is 49.5 Å². The first kappa shape index (κ1) is 14.4. The SMILES string of the molecule is FC(F)(F)O[C@H]1CCN(CC2(COCS)CC2)C1. The smallest absolute Gasteiger partial charge is 0.370 e. The predicted octanol–water partition coefficient (Wildman–Crippen LogP) is 2.28. The summed E-state index contributed by atoms with van der Waals surface area (Å²) in [5.41, 5.74) is 0.149. The lowest BCUT2D eigenvalue weighted by atomic mass is 10.1. The topological polar surface area (TPSA) is 21.7 Å². The molecule has 2 fully saturated rings. The molecule has 0 bridgehead atoms. The molecule has 0 radical (unpaired) electrons. The van der Waals surface area contributed by atoms with Gasteiger partial charge >= 0.3 is 6.36 Å². The number of halogens is 3. The maximum Gasteiger partial charge on any atom is 0.522 e. The third-order valence-corrected chi connectivity index (χ3v) is 3.73. The Morgan fingerprint density at radius 2 is 2.06 bits per heavy atom. The van der Waals surface area contributed by atoms with E-state index in [1.54, 1.807) is 0 Å². The van der Waals surface area contributed by atoms with Gasteiger partial charge in [-0.2, -0.15) is 12.6 Å². The van der Waals surface area contributed by atoms with E-state index >= 15 is 0 Å². The molecule has 0 N–H and O–H groups in total. The van der Waals surface area contributed by atoms with Gasteiger partial charge in [0.1, 0.15) is 0 Å². The Morgan fingerprint density at radius 3 is 2.61 bits per heavy atom. The zero-order valence-electron chi connectivity index (χ0n) is 10.1. The maximum atomic E-state index is 12.1. The molecular formula is C11H18F3NO2S. The van der Waals surface area contributed by atoms with E-state index in [-0.39, 0.29) is 5.41 Å². The Hall–Kier alpha value is 0.0200. The lowest BCUT2D eigenvalue weighted by molar-refractivity contribution is -0.340. The van der Waals surface area contributed by atoms with Gasteiger partial charge in [-0.25, -0.2) is 0 Å². The van der Waals surface area contributed by atoms with Gasteiger partial charge in [0.05, 0.1) is 18.6 Å². The van der Waals surface area contributed by atoms with Crippen molar-refractivity contribution in [1.82, 2.24) is 4.90 Å². The van der Waals surface area contributed by atoms with Crippen molar-refractivity contribution >= 4 is 12.6 Å². The number of rotatable bonds is 6. The highest BCUT2D eigenvalue weighted by molar-refractivity contribution is 7.80. The first-order valence-corrected chi connectivity index (χ1v) is 6.71. The number of hydrogen-bond acceptors (Lipinski definition) is 4. The summed E-state index contributed by atoms with van der Waals surface area (Å²) in [4.78, 5) is 2.05. The van der Waals surface area contributed by atoms with E-state index in [0.29, 0.717) is 32.1 Å². The fourth-order valence-electron chi connectivity index (χ4n) is 2.49. The van der Waals surface area contributed by atoms with Gasteiger partial charge in [-0.3, -0.25) is 4.74 Å². The average Bonchev–Trinajstić information content (AvgIpc) is 2.88. The molecule has 0 spiro atoms. The van der Waals surface area contributed by atoms with Gasteiger partial charge < -0.3 is 9.64 Å². The van der Waals surface area contributed by atoms with Crippen LogP contribution in [0, 0.1) is 5.41 Å². The van der Waals surface area contributed by atoms with Crippen LogP contribution < -0.4 is 0 Å². The molecule has 18 heavy (non-hydrogen) atoms. The molecular weight excluding hydrogens is 267 g/mol. The summed E-state index contributed by atoms with van der Waals surface area (Å²) in [6.45, 7) is 2.49. The van der Waals surface area contributed by atoms with Crippen molar-refractivity contribution in [3.63, 3.8) is 0 Å². The summed E-state index contributed by atoms with van der Waals surface area (Å²) >= 11 is 3.99. The van der Waals surface area contributed by atoms with Crippen molar-refractivity contribution in [3.05, 3.63) is 0 Å². The monoisotopic (exact) mass is 285 g/mol. The maximum absolute atomic E-state index is 12.1. The van der Waals surface area contributed by atoms with Crippen molar-refractivity contribution in [2.75, 3.05) is 32.2 Å². The summed E-state index contributed by atoms with van der Waals surface area (Å²) in [5.74, 6) is 0.390. The van der Waals surface area contributed by atoms with Crippen LogP contribution in [0.25, 0.3) is 0 Å². The second kappa shape index (κ2) is 5.56. The van der Waals surface area contributed by atoms with Crippen LogP contribution in [0.15, 0.2) is 0 Å². The molecule has 1 saturated heterocycles. The molecule has 2 rings (SSSR count). The number of alkyl halides is 3. The largest absolute Gasteiger partial charge is 0.522 e. The van der Waals surface area contributed by atoms with Gasteiger partial charge in [-0.1, -0.05) is 0 Å². The number of nitrogens with zero attached hydrogens (tertiary/aromatic N) is 1. The first-order valence-electron chi connectivity index (χ1n) is 6.08. The third kappa shape index (κ3) is 4.29. The highest BCUT2D eigenvalue weighted by Crippen LogP contribution is 2.47. The summed E-state index contributed by atoms with van der Waals surface area (Å²) in [6, 6.07) is 0. The van der Waals surface area contributed by atoms with Crippen LogP contribution in [0.5, 0.6) is 0 Å². The number of ether oxygens (including phenoxy) is 2. The zero-order chi connectivity index (χ0) is 13.2. The minimum absolute atomic E-state index is 0.149. The molecule has 1 saturated carbocycles. The number of thiol groups is 1. The van der Waals surface area contributed by atoms with Crippen molar-refractivity contribution < 1.29 is 22.6 Å². The lowest BCUT2D eigenvalue weighted by Gasteiger charge is -2.23. The fourth-order valence-corrected chi connectivity index (χ4v) is 2.58. The molecule has 1 aliphatic heterocycles. The molecule has 0 amide bonds. The summed E-state index contributed by atoms with van der Waals surface area (Å²) in [6.07, 6.45) is -2.62. The first-order chi connectivity index (χ1) is 8.42. The van der Waals surface area contributed by atoms with Crippen molar-refractivity contribution in [2.45, 2.75) is 31.7 Å². The molecule has 1 aliphatic carbocycles. The second-order valence-corrected chi connectivity index (χ2v) is 5.45. The third-order valence-electron chi connectivity index (χ3n) is 3.55. The molecule has 0 aromatic carbocycles. The summed E-state index contributed by atoms with van der Waals surface area (Å²) in [5, 5.41) is 0. The van der Waals surface area contributed by atoms with Gasteiger partial charge in [-0.15, -0.1) is 13.2 Å². The minimum atomic E-state index is -4.52. The van der Waals surface area contributed by atoms with Crippen molar-refractivity contribution in [3.8, 4) is 0 Å². The van der Waals surface area contributed by atoms with Crippen molar-refractivity contribution in [2.24, 2.45) is 5.41 Å². The van der Waals surface area contributed by atoms with Crippen LogP contribution in [0.3, 0.4) is 0 Å². The van der Waals surface area contributed by atoms with Gasteiger partial charge in [0.2, 0.25) is 0 Å². The van der Waals surface area contributed by atoms with Crippen molar-refractivity contribution in [1.29, 1.82) is 0 Å². The molecule has 3 nitrogen and oxygen atoms in total. The Morgan fingerprint density at radius 1 is 1.33 bits per heavy atom. The van der Waals surface area contributed by atoms with Crippen LogP contribution in [-0.2, 0) is 9.47 Å². The van der Waals surface area contributed by atoms with E-state index in [2.05, 4.69) is 17.4 Å². The molecule has 0 unspecified atom stereocenters. The van der Waals surface area contributed by atoms with Gasteiger partial charge in [0.25, 0.3) is 0 Å². The highest BCUT2D eigenvalue weighted by atomic mass is 32.1. The second-order valence-electron chi connectivity index (χ2n) is 5.19. The number of likely N-dealkylation sites (tertiary alicyclic amines) is 1. The van der Waals surface area contributed by atoms with E-state index in [0.717, 1.165) is 19.4 Å². The quantitative estimate of drug-likeness (QED) is 0.598. The molecule has 0 aromatic heterocycles. The van der Waals surface area contributed by atoms with E-state index in [9.17, 15) is 13.2 Å². The van der Waals surface area contributed by atoms with E-state index in [4.69, 9.17) is 4.74 Å². The lowest BCUT2D eigenvalue weighted by Crippen LogP contribution is -2.33. The van der Waals surface area contributed by atoms with E-state index < -0.39 is 12.5 Å². The standard InChI is InChI=1S/C11H18F3NO2S/c12-11(13,14)17-9-1-4-15(5-9)6-10(2-3-10)7-16-8-18/h9,18H,1-8H2/t9-/m0/s1. The minimum Gasteiger partial charge on any atom is -0.370 e. The molecule has 1 atom stereocenters. The Kier molecular flexibility index (Phi) is 4.46. The van der Waals surface area contributed by atoms with Gasteiger partial charge in [-0.05, 0) is 19.3 Å². The average molecular weight is 285 g/mol. The molecule has 7 heteroatoms. The molecule has 1 heterocycles. The zero-order valence-corrected chi connectivity index (χ0v) is 11.0. The van der Waals surface area contributed by atoms with Crippen LogP contribution in [0.4, 0.5) is 13.2 Å². The summed E-state index contributed by atoms with van der Waals surface area (Å²) in [7, 11) is 0. The Bertz CT molecular complexity index is 284. The van der Waals surface area contributed by atoms with E-state index in [1.165, 1.54) is 0 Å². The van der Waals surface area contributed by atoms with Crippen LogP contribution in [0.1, 0.15) is 19.3 Å². The molecule has 2 aliphatic rings. The van der Waals surface area contributed by atoms with E-state index in [1.807, 2.05) is 4.90 Å². The number of hydrogen-bond donors (Lipinski definition) is 1. The normalized spacial score (nSPS) is 27.7. The Labute approximate surface area is 110 Å². The Balaban J connectivity index is 1.73. The molecule has 0 aromatic rings. The predicted molar refractivity (Wildman–Crippen MR) is 63.5 cm³/mol. The summed E-state index contributed by atoms with van der Waals surface area (Å²) < 4.78 is 45.6. The molecule has 106 valence electrons. The van der Waals surface area contributed by atoms with Gasteiger partial charge in [0, 0.05) is 25.0 Å². The van der Waals surface area contributed by atoms with Crippen LogP contribution in [0.2, 0.25) is 0 Å². The fraction of sp³-hybridized carbons (Fsp3) is 1.00. The van der Waals surface area contributed by atoms with Crippen LogP contribution >= 0.6 is 12.6 Å².